The van der Waals surface area contributed by atoms with Crippen molar-refractivity contribution in [3.05, 3.63) is 40.5 Å². The van der Waals surface area contributed by atoms with E-state index in [0.717, 1.165) is 17.4 Å². The minimum absolute atomic E-state index is 0.281. The SMILES string of the molecule is Cc1ccc(C=C(C=O)C(C)C)c(C)c1. The molecule has 0 amide bonds. The van der Waals surface area contributed by atoms with Gasteiger partial charge in [0.25, 0.3) is 0 Å². The number of aryl methyl sites for hydroxylation is 2. The van der Waals surface area contributed by atoms with Crippen LogP contribution in [0.5, 0.6) is 0 Å². The largest absolute Gasteiger partial charge is 0.298 e. The van der Waals surface area contributed by atoms with Crippen LogP contribution in [0.4, 0.5) is 0 Å². The number of benzene rings is 1. The number of aldehydes is 1. The smallest absolute Gasteiger partial charge is 0.146 e. The van der Waals surface area contributed by atoms with Crippen molar-refractivity contribution < 1.29 is 4.79 Å². The van der Waals surface area contributed by atoms with Crippen molar-refractivity contribution >= 4 is 12.4 Å². The molecule has 0 atom stereocenters. The average Bonchev–Trinajstić information content (AvgIpc) is 2.16. The third-order valence-electron chi connectivity index (χ3n) is 2.55. The first-order valence-electron chi connectivity index (χ1n) is 5.28. The average molecular weight is 202 g/mol. The lowest BCUT2D eigenvalue weighted by Crippen LogP contribution is -1.95. The lowest BCUT2D eigenvalue weighted by molar-refractivity contribution is -0.105. The van der Waals surface area contributed by atoms with E-state index in [1.165, 1.54) is 11.1 Å². The molecule has 1 nitrogen and oxygen atoms in total. The van der Waals surface area contributed by atoms with Crippen molar-refractivity contribution in [2.75, 3.05) is 0 Å². The van der Waals surface area contributed by atoms with Crippen LogP contribution >= 0.6 is 0 Å². The van der Waals surface area contributed by atoms with E-state index in [9.17, 15) is 4.79 Å². The summed E-state index contributed by atoms with van der Waals surface area (Å²) in [4.78, 5) is 10.9. The molecule has 0 spiro atoms. The fourth-order valence-electron chi connectivity index (χ4n) is 1.50. The normalized spacial score (nSPS) is 11.9. The van der Waals surface area contributed by atoms with Crippen LogP contribution in [-0.4, -0.2) is 6.29 Å². The van der Waals surface area contributed by atoms with Crippen LogP contribution in [0.15, 0.2) is 23.8 Å². The molecule has 0 aliphatic carbocycles. The summed E-state index contributed by atoms with van der Waals surface area (Å²) >= 11 is 0. The minimum atomic E-state index is 0.281. The van der Waals surface area contributed by atoms with Gasteiger partial charge in [0.1, 0.15) is 6.29 Å². The highest BCUT2D eigenvalue weighted by Gasteiger charge is 2.03. The summed E-state index contributed by atoms with van der Waals surface area (Å²) < 4.78 is 0. The van der Waals surface area contributed by atoms with Crippen molar-refractivity contribution in [1.29, 1.82) is 0 Å². The summed E-state index contributed by atoms with van der Waals surface area (Å²) in [5.41, 5.74) is 4.45. The molecule has 80 valence electrons. The van der Waals surface area contributed by atoms with Gasteiger partial charge in [-0.05, 0) is 42.5 Å². The molecule has 0 saturated heterocycles. The number of allylic oxidation sites excluding steroid dienone is 1. The Hall–Kier alpha value is -1.37. The Morgan fingerprint density at radius 1 is 1.27 bits per heavy atom. The zero-order chi connectivity index (χ0) is 11.4. The number of hydrogen-bond acceptors (Lipinski definition) is 1. The van der Waals surface area contributed by atoms with Gasteiger partial charge in [0, 0.05) is 0 Å². The summed E-state index contributed by atoms with van der Waals surface area (Å²) in [7, 11) is 0. The molecular formula is C14H18O. The van der Waals surface area contributed by atoms with Gasteiger partial charge < -0.3 is 0 Å². The van der Waals surface area contributed by atoms with Gasteiger partial charge in [-0.3, -0.25) is 4.79 Å². The Balaban J connectivity index is 3.11. The maximum atomic E-state index is 10.9. The zero-order valence-corrected chi connectivity index (χ0v) is 9.87. The maximum absolute atomic E-state index is 10.9. The Kier molecular flexibility index (Phi) is 3.84. The second kappa shape index (κ2) is 4.92. The molecule has 1 rings (SSSR count). The molecule has 0 bridgehead atoms. The summed E-state index contributed by atoms with van der Waals surface area (Å²) in [5.74, 6) is 0.281. The van der Waals surface area contributed by atoms with Crippen LogP contribution in [0, 0.1) is 19.8 Å². The number of rotatable bonds is 3. The molecule has 1 aromatic carbocycles. The van der Waals surface area contributed by atoms with E-state index in [-0.39, 0.29) is 5.92 Å². The van der Waals surface area contributed by atoms with E-state index in [1.54, 1.807) is 0 Å². The van der Waals surface area contributed by atoms with Gasteiger partial charge >= 0.3 is 0 Å². The molecule has 0 fully saturated rings. The lowest BCUT2D eigenvalue weighted by Gasteiger charge is -2.06. The van der Waals surface area contributed by atoms with Crippen molar-refractivity contribution in [3.63, 3.8) is 0 Å². The summed E-state index contributed by atoms with van der Waals surface area (Å²) in [5, 5.41) is 0. The molecule has 0 saturated carbocycles. The first-order valence-corrected chi connectivity index (χ1v) is 5.28. The highest BCUT2D eigenvalue weighted by Crippen LogP contribution is 2.17. The second-order valence-corrected chi connectivity index (χ2v) is 4.28. The van der Waals surface area contributed by atoms with Crippen molar-refractivity contribution in [2.45, 2.75) is 27.7 Å². The van der Waals surface area contributed by atoms with E-state index in [0.29, 0.717) is 0 Å². The molecular weight excluding hydrogens is 184 g/mol. The van der Waals surface area contributed by atoms with Gasteiger partial charge in [-0.25, -0.2) is 0 Å². The predicted molar refractivity (Wildman–Crippen MR) is 64.8 cm³/mol. The maximum Gasteiger partial charge on any atom is 0.146 e. The van der Waals surface area contributed by atoms with E-state index < -0.39 is 0 Å². The molecule has 0 unspecified atom stereocenters. The molecule has 0 radical (unpaired) electrons. The van der Waals surface area contributed by atoms with E-state index in [1.807, 2.05) is 19.9 Å². The molecule has 0 N–H and O–H groups in total. The summed E-state index contributed by atoms with van der Waals surface area (Å²) in [6.45, 7) is 8.21. The quantitative estimate of drug-likeness (QED) is 0.541. The Morgan fingerprint density at radius 2 is 1.93 bits per heavy atom. The molecule has 0 aromatic heterocycles. The van der Waals surface area contributed by atoms with Crippen LogP contribution in [0.25, 0.3) is 6.08 Å². The van der Waals surface area contributed by atoms with Gasteiger partial charge in [0.05, 0.1) is 0 Å². The van der Waals surface area contributed by atoms with Gasteiger partial charge in [0.2, 0.25) is 0 Å². The first-order chi connectivity index (χ1) is 7.04. The van der Waals surface area contributed by atoms with Crippen LogP contribution in [0.3, 0.4) is 0 Å². The fourth-order valence-corrected chi connectivity index (χ4v) is 1.50. The third kappa shape index (κ3) is 3.05. The summed E-state index contributed by atoms with van der Waals surface area (Å²) in [6.07, 6.45) is 2.93. The number of carbonyl (C=O) groups is 1. The second-order valence-electron chi connectivity index (χ2n) is 4.28. The number of carbonyl (C=O) groups excluding carboxylic acids is 1. The van der Waals surface area contributed by atoms with E-state index in [4.69, 9.17) is 0 Å². The Morgan fingerprint density at radius 3 is 2.40 bits per heavy atom. The van der Waals surface area contributed by atoms with Crippen molar-refractivity contribution in [2.24, 2.45) is 5.92 Å². The van der Waals surface area contributed by atoms with Crippen molar-refractivity contribution in [1.82, 2.24) is 0 Å². The first kappa shape index (κ1) is 11.7. The monoisotopic (exact) mass is 202 g/mol. The highest BCUT2D eigenvalue weighted by molar-refractivity contribution is 5.82. The molecule has 0 aliphatic heterocycles. The van der Waals surface area contributed by atoms with Gasteiger partial charge in [0.15, 0.2) is 0 Å². The van der Waals surface area contributed by atoms with Crippen molar-refractivity contribution in [3.8, 4) is 0 Å². The van der Waals surface area contributed by atoms with Crippen LogP contribution in [0.1, 0.15) is 30.5 Å². The topological polar surface area (TPSA) is 17.1 Å². The Bertz CT molecular complexity index is 386. The van der Waals surface area contributed by atoms with Crippen LogP contribution < -0.4 is 0 Å². The zero-order valence-electron chi connectivity index (χ0n) is 9.87. The summed E-state index contributed by atoms with van der Waals surface area (Å²) in [6, 6.07) is 6.27. The van der Waals surface area contributed by atoms with Crippen LogP contribution in [0.2, 0.25) is 0 Å². The molecule has 1 aromatic rings. The molecule has 0 heterocycles. The van der Waals surface area contributed by atoms with Gasteiger partial charge in [-0.2, -0.15) is 0 Å². The van der Waals surface area contributed by atoms with Gasteiger partial charge in [-0.15, -0.1) is 0 Å². The standard InChI is InChI=1S/C14H18O/c1-10(2)14(9-15)8-13-6-5-11(3)7-12(13)4/h5-10H,1-4H3. The van der Waals surface area contributed by atoms with Gasteiger partial charge in [-0.1, -0.05) is 37.6 Å². The lowest BCUT2D eigenvalue weighted by atomic mass is 9.98. The van der Waals surface area contributed by atoms with Crippen LogP contribution in [-0.2, 0) is 4.79 Å². The molecule has 0 aliphatic rings. The van der Waals surface area contributed by atoms with E-state index >= 15 is 0 Å². The highest BCUT2D eigenvalue weighted by atomic mass is 16.1. The third-order valence-corrected chi connectivity index (χ3v) is 2.55. The fraction of sp³-hybridized carbons (Fsp3) is 0.357. The Labute approximate surface area is 91.8 Å². The molecule has 1 heteroatoms. The predicted octanol–water partition coefficient (Wildman–Crippen LogP) is 3.54. The minimum Gasteiger partial charge on any atom is -0.298 e. The number of hydrogen-bond donors (Lipinski definition) is 0. The van der Waals surface area contributed by atoms with E-state index in [2.05, 4.69) is 32.0 Å². The molecule has 15 heavy (non-hydrogen) atoms.